The van der Waals surface area contributed by atoms with Gasteiger partial charge in [-0.1, -0.05) is 82.1 Å². The van der Waals surface area contributed by atoms with Crippen LogP contribution >= 0.6 is 27.5 Å². The smallest absolute Gasteiger partial charge is 0.313 e. The second-order valence-corrected chi connectivity index (χ2v) is 13.8. The lowest BCUT2D eigenvalue weighted by molar-refractivity contribution is -0.159. The van der Waals surface area contributed by atoms with Crippen LogP contribution in [0.2, 0.25) is 5.02 Å². The van der Waals surface area contributed by atoms with Crippen molar-refractivity contribution in [1.29, 1.82) is 0 Å². The summed E-state index contributed by atoms with van der Waals surface area (Å²) in [6, 6.07) is 12.7. The van der Waals surface area contributed by atoms with Gasteiger partial charge < -0.3 is 29.7 Å². The molecule has 6 rings (SSSR count). The van der Waals surface area contributed by atoms with Gasteiger partial charge in [0.1, 0.15) is 29.8 Å². The lowest BCUT2D eigenvalue weighted by Gasteiger charge is -2.39. The molecule has 4 heterocycles. The summed E-state index contributed by atoms with van der Waals surface area (Å²) < 4.78 is 12.9. The van der Waals surface area contributed by atoms with Gasteiger partial charge in [0.2, 0.25) is 11.8 Å². The van der Waals surface area contributed by atoms with Gasteiger partial charge in [-0.2, -0.15) is 0 Å². The predicted molar refractivity (Wildman–Crippen MR) is 179 cm³/mol. The molecule has 0 radical (unpaired) electrons. The average molecular weight is 727 g/mol. The molecule has 3 amide bonds. The number of benzene rings is 2. The SMILES string of the molecule is Cc1cccc(Cl)c1N1C/C=C\CCC(=O)NC[C@@H](C)OC(=O)[C@@H]2[C@H]3O[C@@]4(C=C3Br)[C@H](C1=O)N([C@@H](CO)Cc1ccccc1)C(=O)[C@@H]24. The minimum Gasteiger partial charge on any atom is -0.460 e. The molecule has 248 valence electrons. The number of likely N-dealkylation sites (tertiary alicyclic amines) is 1. The molecule has 4 aliphatic heterocycles. The third-order valence-corrected chi connectivity index (χ3v) is 10.4. The van der Waals surface area contributed by atoms with Crippen molar-refractivity contribution in [2.45, 2.75) is 63.0 Å². The van der Waals surface area contributed by atoms with Crippen molar-refractivity contribution < 1.29 is 33.8 Å². The molecule has 2 N–H and O–H groups in total. The number of halogens is 2. The fourth-order valence-electron chi connectivity index (χ4n) is 7.32. The number of hydrogen-bond acceptors (Lipinski definition) is 7. The van der Waals surface area contributed by atoms with E-state index in [9.17, 15) is 19.5 Å². The fraction of sp³-hybridized carbons (Fsp3) is 0.429. The zero-order chi connectivity index (χ0) is 33.5. The number of aryl methyl sites for hydroxylation is 1. The number of aliphatic hydroxyl groups is 1. The molecule has 10 nitrogen and oxygen atoms in total. The Morgan fingerprint density at radius 2 is 1.85 bits per heavy atom. The number of carbonyl (C=O) groups is 4. The van der Waals surface area contributed by atoms with Crippen LogP contribution in [0.3, 0.4) is 0 Å². The number of anilines is 1. The van der Waals surface area contributed by atoms with Crippen LogP contribution in [0.5, 0.6) is 0 Å². The average Bonchev–Trinajstić information content (AvgIpc) is 3.64. The van der Waals surface area contributed by atoms with Crippen LogP contribution in [0, 0.1) is 18.8 Å². The van der Waals surface area contributed by atoms with Gasteiger partial charge >= 0.3 is 5.97 Å². The number of nitrogens with zero attached hydrogens (tertiary/aromatic N) is 2. The van der Waals surface area contributed by atoms with E-state index in [-0.39, 0.29) is 31.8 Å². The number of rotatable bonds is 5. The van der Waals surface area contributed by atoms with Crippen molar-refractivity contribution in [1.82, 2.24) is 10.2 Å². The Morgan fingerprint density at radius 3 is 2.57 bits per heavy atom. The molecule has 47 heavy (non-hydrogen) atoms. The summed E-state index contributed by atoms with van der Waals surface area (Å²) in [7, 11) is 0. The fourth-order valence-corrected chi connectivity index (χ4v) is 8.38. The van der Waals surface area contributed by atoms with Crippen LogP contribution in [0.25, 0.3) is 0 Å². The molecule has 2 saturated heterocycles. The highest BCUT2D eigenvalue weighted by atomic mass is 79.9. The standard InChI is InChI=1S/C35H37BrClN3O7/c1-20-10-9-13-25(37)29(20)39-15-8-4-7-14-26(42)38-18-21(2)46-34(45)27-28-32(43)40(23(19-41)16-22-11-5-3-6-12-22)31(33(39)44)35(28)17-24(36)30(27)47-35/h3-6,8-13,17,21,23,27-28,30-31,41H,7,14-16,18-19H2,1-2H3,(H,38,42)/b8-4-/t21-,23-,27+,28-,30+,31+,35-/m1/s1. The van der Waals surface area contributed by atoms with Crippen molar-refractivity contribution in [2.75, 3.05) is 24.6 Å². The molecule has 2 aromatic carbocycles. The molecule has 4 aliphatic rings. The molecule has 0 aromatic heterocycles. The third-order valence-electron chi connectivity index (χ3n) is 9.41. The van der Waals surface area contributed by atoms with Gasteiger partial charge in [0, 0.05) is 17.4 Å². The molecule has 2 fully saturated rings. The summed E-state index contributed by atoms with van der Waals surface area (Å²) in [6.45, 7) is 3.27. The van der Waals surface area contributed by atoms with Crippen LogP contribution in [0.15, 0.2) is 71.2 Å². The Kier molecular flexibility index (Phi) is 9.62. The highest BCUT2D eigenvalue weighted by Gasteiger charge is 2.75. The number of aliphatic hydroxyl groups excluding tert-OH is 1. The minimum absolute atomic E-state index is 0.0869. The highest BCUT2D eigenvalue weighted by molar-refractivity contribution is 9.11. The molecule has 5 bridgehead atoms. The van der Waals surface area contributed by atoms with Crippen LogP contribution in [0.4, 0.5) is 5.69 Å². The first kappa shape index (κ1) is 33.4. The maximum Gasteiger partial charge on any atom is 0.313 e. The van der Waals surface area contributed by atoms with E-state index in [2.05, 4.69) is 21.2 Å². The van der Waals surface area contributed by atoms with Crippen molar-refractivity contribution >= 4 is 56.9 Å². The highest BCUT2D eigenvalue weighted by Crippen LogP contribution is 2.59. The zero-order valence-electron chi connectivity index (χ0n) is 26.1. The summed E-state index contributed by atoms with van der Waals surface area (Å²) in [5.74, 6) is -3.99. The van der Waals surface area contributed by atoms with E-state index in [1.807, 2.05) is 49.4 Å². The summed E-state index contributed by atoms with van der Waals surface area (Å²) in [5, 5.41) is 13.9. The van der Waals surface area contributed by atoms with Gasteiger partial charge in [0.25, 0.3) is 5.91 Å². The van der Waals surface area contributed by atoms with Crippen molar-refractivity contribution in [3.05, 3.63) is 87.4 Å². The Labute approximate surface area is 286 Å². The van der Waals surface area contributed by atoms with Gasteiger partial charge in [-0.3, -0.25) is 19.2 Å². The van der Waals surface area contributed by atoms with Gasteiger partial charge in [-0.25, -0.2) is 0 Å². The summed E-state index contributed by atoms with van der Waals surface area (Å²) >= 11 is 10.3. The van der Waals surface area contributed by atoms with E-state index >= 15 is 4.79 Å². The molecule has 12 heteroatoms. The Morgan fingerprint density at radius 1 is 1.09 bits per heavy atom. The molecule has 7 atom stereocenters. The molecule has 1 spiro atoms. The number of hydrogen-bond donors (Lipinski definition) is 2. The number of carbonyl (C=O) groups excluding carboxylic acids is 4. The largest absolute Gasteiger partial charge is 0.460 e. The molecular weight excluding hydrogens is 690 g/mol. The number of para-hydroxylation sites is 1. The quantitative estimate of drug-likeness (QED) is 0.355. The molecule has 0 unspecified atom stereocenters. The summed E-state index contributed by atoms with van der Waals surface area (Å²) in [5.41, 5.74) is 0.538. The van der Waals surface area contributed by atoms with Crippen LogP contribution in [0.1, 0.15) is 30.9 Å². The number of nitrogens with one attached hydrogen (secondary N) is 1. The van der Waals surface area contributed by atoms with Gasteiger partial charge in [-0.05, 0) is 50.0 Å². The number of fused-ring (bicyclic) bond motifs is 2. The van der Waals surface area contributed by atoms with Crippen LogP contribution in [-0.2, 0) is 35.1 Å². The van der Waals surface area contributed by atoms with Gasteiger partial charge in [-0.15, -0.1) is 0 Å². The maximum atomic E-state index is 15.2. The van der Waals surface area contributed by atoms with E-state index in [1.165, 1.54) is 9.80 Å². The monoisotopic (exact) mass is 725 g/mol. The van der Waals surface area contributed by atoms with Crippen LogP contribution < -0.4 is 10.2 Å². The summed E-state index contributed by atoms with van der Waals surface area (Å²) in [6.07, 6.45) is 4.70. The number of ether oxygens (including phenoxy) is 2. The normalized spacial score (nSPS) is 30.9. The van der Waals surface area contributed by atoms with Crippen molar-refractivity contribution in [3.63, 3.8) is 0 Å². The first-order valence-electron chi connectivity index (χ1n) is 15.8. The van der Waals surface area contributed by atoms with E-state index in [0.717, 1.165) is 11.1 Å². The van der Waals surface area contributed by atoms with E-state index in [1.54, 1.807) is 31.2 Å². The predicted octanol–water partition coefficient (Wildman–Crippen LogP) is 3.86. The number of cyclic esters (lactones) is 1. The zero-order valence-corrected chi connectivity index (χ0v) is 28.4. The molecular formula is C35H37BrClN3O7. The number of esters is 1. The minimum atomic E-state index is -1.53. The lowest BCUT2D eigenvalue weighted by atomic mass is 9.74. The first-order chi connectivity index (χ1) is 22.6. The Hall–Kier alpha value is -3.51. The van der Waals surface area contributed by atoms with Crippen LogP contribution in [-0.4, -0.2) is 83.3 Å². The van der Waals surface area contributed by atoms with Gasteiger partial charge in [0.15, 0.2) is 0 Å². The van der Waals surface area contributed by atoms with E-state index < -0.39 is 66.1 Å². The third kappa shape index (κ3) is 6.03. The molecule has 0 saturated carbocycles. The van der Waals surface area contributed by atoms with Crippen molar-refractivity contribution in [2.24, 2.45) is 11.8 Å². The Bertz CT molecular complexity index is 1610. The number of amides is 3. The maximum absolute atomic E-state index is 15.2. The lowest BCUT2D eigenvalue weighted by Crippen LogP contribution is -2.59. The second-order valence-electron chi connectivity index (χ2n) is 12.5. The Balaban J connectivity index is 1.52. The first-order valence-corrected chi connectivity index (χ1v) is 17.0. The number of allylic oxidation sites excluding steroid dienone is 1. The topological polar surface area (TPSA) is 125 Å². The van der Waals surface area contributed by atoms with E-state index in [4.69, 9.17) is 21.1 Å². The van der Waals surface area contributed by atoms with Gasteiger partial charge in [0.05, 0.1) is 35.8 Å². The summed E-state index contributed by atoms with van der Waals surface area (Å²) in [4.78, 5) is 59.2. The second kappa shape index (κ2) is 13.5. The molecule has 2 aromatic rings. The molecule has 0 aliphatic carbocycles. The van der Waals surface area contributed by atoms with Crippen molar-refractivity contribution in [3.8, 4) is 0 Å². The van der Waals surface area contributed by atoms with E-state index in [0.29, 0.717) is 21.6 Å².